The van der Waals surface area contributed by atoms with Crippen molar-refractivity contribution in [3.63, 3.8) is 0 Å². The predicted octanol–water partition coefficient (Wildman–Crippen LogP) is 2.17. The highest BCUT2D eigenvalue weighted by Crippen LogP contribution is 2.17. The van der Waals surface area contributed by atoms with Crippen molar-refractivity contribution in [2.75, 3.05) is 13.2 Å². The fraction of sp³-hybridized carbons (Fsp3) is 0.400. The summed E-state index contributed by atoms with van der Waals surface area (Å²) in [5.74, 6) is 2.01. The zero-order valence-corrected chi connectivity index (χ0v) is 12.2. The number of benzene rings is 1. The molecule has 1 unspecified atom stereocenters. The van der Waals surface area contributed by atoms with Crippen LogP contribution in [0.5, 0.6) is 5.75 Å². The van der Waals surface area contributed by atoms with Crippen molar-refractivity contribution in [1.82, 2.24) is 15.5 Å². The molecule has 2 aromatic rings. The summed E-state index contributed by atoms with van der Waals surface area (Å²) in [4.78, 5) is 4.16. The standard InChI is InChI=1S/C15H18N4O2/c1-11(17-9-7-15-18-12(2)21-19-15)13-3-5-14(6-4-13)20-10-8-16/h3-6,11,17H,7,9-10H2,1-2H3. The van der Waals surface area contributed by atoms with E-state index in [-0.39, 0.29) is 12.6 Å². The van der Waals surface area contributed by atoms with Crippen LogP contribution >= 0.6 is 0 Å². The first kappa shape index (κ1) is 15.0. The van der Waals surface area contributed by atoms with Gasteiger partial charge in [0.1, 0.15) is 11.8 Å². The minimum atomic E-state index is 0.0667. The topological polar surface area (TPSA) is 84.0 Å². The number of hydrogen-bond donors (Lipinski definition) is 1. The van der Waals surface area contributed by atoms with Crippen molar-refractivity contribution in [1.29, 1.82) is 5.26 Å². The van der Waals surface area contributed by atoms with Crippen molar-refractivity contribution in [2.24, 2.45) is 0 Å². The van der Waals surface area contributed by atoms with Crippen LogP contribution in [-0.2, 0) is 6.42 Å². The van der Waals surface area contributed by atoms with Crippen molar-refractivity contribution in [2.45, 2.75) is 26.3 Å². The first-order valence-electron chi connectivity index (χ1n) is 6.81. The number of rotatable bonds is 7. The molecule has 0 fully saturated rings. The van der Waals surface area contributed by atoms with Crippen LogP contribution in [0, 0.1) is 18.3 Å². The SMILES string of the molecule is Cc1nc(CCNC(C)c2ccc(OCC#N)cc2)no1. The monoisotopic (exact) mass is 286 g/mol. The number of nitriles is 1. The van der Waals surface area contributed by atoms with Crippen LogP contribution in [0.4, 0.5) is 0 Å². The van der Waals surface area contributed by atoms with E-state index in [9.17, 15) is 0 Å². The van der Waals surface area contributed by atoms with Crippen LogP contribution in [0.15, 0.2) is 28.8 Å². The molecule has 6 heteroatoms. The Bertz CT molecular complexity index is 601. The second-order valence-corrected chi connectivity index (χ2v) is 4.67. The summed E-state index contributed by atoms with van der Waals surface area (Å²) < 4.78 is 10.1. The predicted molar refractivity (Wildman–Crippen MR) is 76.7 cm³/mol. The molecule has 0 saturated heterocycles. The summed E-state index contributed by atoms with van der Waals surface area (Å²) in [5.41, 5.74) is 1.16. The smallest absolute Gasteiger partial charge is 0.223 e. The molecule has 1 aromatic carbocycles. The quantitative estimate of drug-likeness (QED) is 0.839. The van der Waals surface area contributed by atoms with Gasteiger partial charge in [0.15, 0.2) is 12.4 Å². The van der Waals surface area contributed by atoms with Crippen molar-refractivity contribution < 1.29 is 9.26 Å². The number of aromatic nitrogens is 2. The van der Waals surface area contributed by atoms with Crippen molar-refractivity contribution in [3.05, 3.63) is 41.5 Å². The Kier molecular flexibility index (Phi) is 5.29. The highest BCUT2D eigenvalue weighted by Gasteiger charge is 2.07. The van der Waals surface area contributed by atoms with Gasteiger partial charge >= 0.3 is 0 Å². The number of nitrogens with zero attached hydrogens (tertiary/aromatic N) is 3. The van der Waals surface area contributed by atoms with Gasteiger partial charge in [-0.05, 0) is 24.6 Å². The molecule has 0 spiro atoms. The fourth-order valence-electron chi connectivity index (χ4n) is 1.93. The number of hydrogen-bond acceptors (Lipinski definition) is 6. The van der Waals surface area contributed by atoms with Gasteiger partial charge in [-0.1, -0.05) is 17.3 Å². The van der Waals surface area contributed by atoms with Crippen LogP contribution < -0.4 is 10.1 Å². The maximum atomic E-state index is 8.46. The van der Waals surface area contributed by atoms with Crippen molar-refractivity contribution in [3.8, 4) is 11.8 Å². The minimum Gasteiger partial charge on any atom is -0.479 e. The Hall–Kier alpha value is -2.39. The lowest BCUT2D eigenvalue weighted by molar-refractivity contribution is 0.368. The third kappa shape index (κ3) is 4.58. The van der Waals surface area contributed by atoms with E-state index >= 15 is 0 Å². The van der Waals surface area contributed by atoms with Gasteiger partial charge in [0.25, 0.3) is 0 Å². The van der Waals surface area contributed by atoms with E-state index in [4.69, 9.17) is 14.5 Å². The third-order valence-corrected chi connectivity index (χ3v) is 3.05. The molecule has 0 radical (unpaired) electrons. The molecule has 110 valence electrons. The zero-order valence-electron chi connectivity index (χ0n) is 12.2. The molecule has 1 N–H and O–H groups in total. The number of aryl methyl sites for hydroxylation is 1. The van der Waals surface area contributed by atoms with Crippen molar-refractivity contribution >= 4 is 0 Å². The molecular formula is C15H18N4O2. The zero-order chi connectivity index (χ0) is 15.1. The normalized spacial score (nSPS) is 11.9. The van der Waals surface area contributed by atoms with Gasteiger partial charge in [-0.15, -0.1) is 0 Å². The Morgan fingerprint density at radius 2 is 2.14 bits per heavy atom. The van der Waals surface area contributed by atoms with Gasteiger partial charge < -0.3 is 14.6 Å². The van der Waals surface area contributed by atoms with E-state index in [0.29, 0.717) is 17.5 Å². The molecule has 21 heavy (non-hydrogen) atoms. The molecule has 0 saturated carbocycles. The molecule has 1 heterocycles. The van der Waals surface area contributed by atoms with Gasteiger partial charge in [0.2, 0.25) is 5.89 Å². The summed E-state index contributed by atoms with van der Waals surface area (Å²) in [7, 11) is 0. The summed E-state index contributed by atoms with van der Waals surface area (Å²) in [5, 5.41) is 15.7. The lowest BCUT2D eigenvalue weighted by atomic mass is 10.1. The molecule has 0 aliphatic rings. The third-order valence-electron chi connectivity index (χ3n) is 3.05. The lowest BCUT2D eigenvalue weighted by Crippen LogP contribution is -2.21. The molecular weight excluding hydrogens is 268 g/mol. The Morgan fingerprint density at radius 3 is 2.76 bits per heavy atom. The van der Waals surface area contributed by atoms with Crippen LogP contribution in [0.3, 0.4) is 0 Å². The van der Waals surface area contributed by atoms with E-state index in [1.165, 1.54) is 0 Å². The van der Waals surface area contributed by atoms with Gasteiger partial charge in [0, 0.05) is 25.9 Å². The van der Waals surface area contributed by atoms with Gasteiger partial charge in [-0.25, -0.2) is 0 Å². The Morgan fingerprint density at radius 1 is 1.38 bits per heavy atom. The Balaban J connectivity index is 1.80. The molecule has 1 aromatic heterocycles. The maximum Gasteiger partial charge on any atom is 0.223 e. The first-order chi connectivity index (χ1) is 10.2. The van der Waals surface area contributed by atoms with E-state index in [0.717, 1.165) is 18.5 Å². The average Bonchev–Trinajstić information content (AvgIpc) is 2.91. The average molecular weight is 286 g/mol. The second kappa shape index (κ2) is 7.41. The van der Waals surface area contributed by atoms with Crippen LogP contribution in [0.2, 0.25) is 0 Å². The fourth-order valence-corrected chi connectivity index (χ4v) is 1.93. The summed E-state index contributed by atoms with van der Waals surface area (Å²) in [6, 6.07) is 9.87. The molecule has 0 aliphatic carbocycles. The number of nitrogens with one attached hydrogen (secondary N) is 1. The van der Waals surface area contributed by atoms with Gasteiger partial charge in [-0.2, -0.15) is 10.2 Å². The summed E-state index contributed by atoms with van der Waals surface area (Å²) >= 11 is 0. The summed E-state index contributed by atoms with van der Waals surface area (Å²) in [6.45, 7) is 4.71. The molecule has 6 nitrogen and oxygen atoms in total. The van der Waals surface area contributed by atoms with Crippen LogP contribution in [0.1, 0.15) is 30.2 Å². The van der Waals surface area contributed by atoms with E-state index in [2.05, 4.69) is 22.4 Å². The second-order valence-electron chi connectivity index (χ2n) is 4.67. The van der Waals surface area contributed by atoms with Crippen LogP contribution in [0.25, 0.3) is 0 Å². The maximum absolute atomic E-state index is 8.46. The Labute approximate surface area is 123 Å². The molecule has 2 rings (SSSR count). The van der Waals surface area contributed by atoms with E-state index in [1.54, 1.807) is 6.92 Å². The molecule has 0 aliphatic heterocycles. The minimum absolute atomic E-state index is 0.0667. The van der Waals surface area contributed by atoms with Gasteiger partial charge in [-0.3, -0.25) is 0 Å². The number of ether oxygens (including phenoxy) is 1. The highest BCUT2D eigenvalue weighted by atomic mass is 16.5. The van der Waals surface area contributed by atoms with Gasteiger partial charge in [0.05, 0.1) is 0 Å². The summed E-state index contributed by atoms with van der Waals surface area (Å²) in [6.07, 6.45) is 0.727. The lowest BCUT2D eigenvalue weighted by Gasteiger charge is -2.14. The molecule has 0 amide bonds. The highest BCUT2D eigenvalue weighted by molar-refractivity contribution is 5.29. The largest absolute Gasteiger partial charge is 0.479 e. The molecule has 0 bridgehead atoms. The first-order valence-corrected chi connectivity index (χ1v) is 6.81. The molecule has 1 atom stereocenters. The van der Waals surface area contributed by atoms with E-state index in [1.807, 2.05) is 30.3 Å². The van der Waals surface area contributed by atoms with Crippen LogP contribution in [-0.4, -0.2) is 23.3 Å². The van der Waals surface area contributed by atoms with E-state index < -0.39 is 0 Å².